The number of thiazole rings is 1. The van der Waals surface area contributed by atoms with Crippen molar-refractivity contribution in [2.24, 2.45) is 5.73 Å². The molecule has 0 radical (unpaired) electrons. The lowest BCUT2D eigenvalue weighted by atomic mass is 10.2. The van der Waals surface area contributed by atoms with E-state index in [1.165, 1.54) is 23.9 Å². The standard InChI is InChI=1S/C10H10N2OS.C2H6.CH5N/c1-2-7-3-4-8-9(5-7)14-10(12-8)11-6-13;2*1-2/h3-6H,2H2,1H3,(H,11,12,13);1-2H3;2H2,1H3. The molecule has 0 bridgehead atoms. The van der Waals surface area contributed by atoms with Crippen molar-refractivity contribution in [3.63, 3.8) is 0 Å². The number of nitrogens with zero attached hydrogens (tertiary/aromatic N) is 1. The second-order valence-electron chi connectivity index (χ2n) is 2.94. The van der Waals surface area contributed by atoms with Crippen molar-refractivity contribution in [3.8, 4) is 0 Å². The van der Waals surface area contributed by atoms with Gasteiger partial charge < -0.3 is 11.1 Å². The van der Waals surface area contributed by atoms with Gasteiger partial charge in [0.2, 0.25) is 6.41 Å². The van der Waals surface area contributed by atoms with E-state index in [0.717, 1.165) is 16.6 Å². The quantitative estimate of drug-likeness (QED) is 0.840. The van der Waals surface area contributed by atoms with Crippen molar-refractivity contribution in [2.45, 2.75) is 27.2 Å². The van der Waals surface area contributed by atoms with Gasteiger partial charge in [-0.15, -0.1) is 0 Å². The Labute approximate surface area is 112 Å². The molecule has 0 atom stereocenters. The molecule has 3 N–H and O–H groups in total. The van der Waals surface area contributed by atoms with Gasteiger partial charge in [-0.05, 0) is 31.2 Å². The average molecular weight is 267 g/mol. The van der Waals surface area contributed by atoms with E-state index in [0.29, 0.717) is 11.5 Å². The summed E-state index contributed by atoms with van der Waals surface area (Å²) in [6.45, 7) is 6.12. The van der Waals surface area contributed by atoms with E-state index in [4.69, 9.17) is 0 Å². The first kappa shape index (κ1) is 16.5. The van der Waals surface area contributed by atoms with Gasteiger partial charge in [0.05, 0.1) is 10.2 Å². The fourth-order valence-electron chi connectivity index (χ4n) is 1.30. The Balaban J connectivity index is 0.000000659. The van der Waals surface area contributed by atoms with Gasteiger partial charge in [0.1, 0.15) is 0 Å². The number of benzene rings is 1. The summed E-state index contributed by atoms with van der Waals surface area (Å²) < 4.78 is 1.12. The van der Waals surface area contributed by atoms with Crippen molar-refractivity contribution < 1.29 is 4.79 Å². The normalized spacial score (nSPS) is 8.72. The van der Waals surface area contributed by atoms with E-state index in [2.05, 4.69) is 35.1 Å². The molecule has 0 aliphatic rings. The summed E-state index contributed by atoms with van der Waals surface area (Å²) in [7, 11) is 1.50. The summed E-state index contributed by atoms with van der Waals surface area (Å²) in [4.78, 5) is 14.5. The van der Waals surface area contributed by atoms with Gasteiger partial charge in [0.15, 0.2) is 5.13 Å². The zero-order valence-corrected chi connectivity index (χ0v) is 12.2. The lowest BCUT2D eigenvalue weighted by molar-refractivity contribution is -0.105. The zero-order valence-electron chi connectivity index (χ0n) is 11.4. The van der Waals surface area contributed by atoms with Gasteiger partial charge >= 0.3 is 0 Å². The first-order valence-electron chi connectivity index (χ1n) is 6.01. The van der Waals surface area contributed by atoms with Gasteiger partial charge in [0.25, 0.3) is 0 Å². The zero-order chi connectivity index (χ0) is 14.0. The molecule has 0 unspecified atom stereocenters. The fourth-order valence-corrected chi connectivity index (χ4v) is 2.19. The number of hydrogen-bond acceptors (Lipinski definition) is 4. The monoisotopic (exact) mass is 267 g/mol. The van der Waals surface area contributed by atoms with Crippen LogP contribution in [0.25, 0.3) is 10.2 Å². The molecule has 1 aromatic carbocycles. The number of nitrogens with one attached hydrogen (secondary N) is 1. The maximum absolute atomic E-state index is 10.2. The summed E-state index contributed by atoms with van der Waals surface area (Å²) in [5.74, 6) is 0. The summed E-state index contributed by atoms with van der Waals surface area (Å²) in [6.07, 6.45) is 1.67. The van der Waals surface area contributed by atoms with Crippen LogP contribution in [-0.4, -0.2) is 18.4 Å². The van der Waals surface area contributed by atoms with Crippen LogP contribution in [0.1, 0.15) is 26.3 Å². The first-order chi connectivity index (χ1) is 8.83. The highest BCUT2D eigenvalue weighted by atomic mass is 32.1. The summed E-state index contributed by atoms with van der Waals surface area (Å²) in [5.41, 5.74) is 6.73. The molecule has 0 saturated heterocycles. The van der Waals surface area contributed by atoms with Gasteiger partial charge in [-0.2, -0.15) is 0 Å². The molecule has 0 spiro atoms. The molecular weight excluding hydrogens is 246 g/mol. The van der Waals surface area contributed by atoms with Crippen LogP contribution in [-0.2, 0) is 11.2 Å². The van der Waals surface area contributed by atoms with Crippen molar-refractivity contribution in [3.05, 3.63) is 23.8 Å². The van der Waals surface area contributed by atoms with Gasteiger partial charge in [-0.3, -0.25) is 4.79 Å². The third-order valence-electron chi connectivity index (χ3n) is 2.04. The van der Waals surface area contributed by atoms with Crippen LogP contribution in [0.2, 0.25) is 0 Å². The number of rotatable bonds is 3. The minimum atomic E-state index is 0.651. The highest BCUT2D eigenvalue weighted by Gasteiger charge is 2.02. The van der Waals surface area contributed by atoms with Crippen LogP contribution < -0.4 is 11.1 Å². The first-order valence-corrected chi connectivity index (χ1v) is 6.82. The van der Waals surface area contributed by atoms with Crippen molar-refractivity contribution in [2.75, 3.05) is 12.4 Å². The minimum absolute atomic E-state index is 0.651. The minimum Gasteiger partial charge on any atom is -0.333 e. The third kappa shape index (κ3) is 4.43. The van der Waals surface area contributed by atoms with E-state index >= 15 is 0 Å². The SMILES string of the molecule is CC.CCc1ccc2nc(NC=O)sc2c1.CN. The Bertz CT molecular complexity index is 468. The van der Waals surface area contributed by atoms with Crippen molar-refractivity contribution in [1.29, 1.82) is 0 Å². The van der Waals surface area contributed by atoms with E-state index in [9.17, 15) is 4.79 Å². The van der Waals surface area contributed by atoms with Crippen LogP contribution >= 0.6 is 11.3 Å². The molecule has 0 saturated carbocycles. The number of carbonyl (C=O) groups excluding carboxylic acids is 1. The second kappa shape index (κ2) is 9.56. The maximum Gasteiger partial charge on any atom is 0.213 e. The molecule has 1 aromatic heterocycles. The topological polar surface area (TPSA) is 68.0 Å². The predicted octanol–water partition coefficient (Wildman–Crippen LogP) is 3.03. The van der Waals surface area contributed by atoms with Gasteiger partial charge in [0, 0.05) is 0 Å². The number of fused-ring (bicyclic) bond motifs is 1. The van der Waals surface area contributed by atoms with Crippen LogP contribution in [0.3, 0.4) is 0 Å². The van der Waals surface area contributed by atoms with Crippen molar-refractivity contribution in [1.82, 2.24) is 4.98 Å². The number of amides is 1. The van der Waals surface area contributed by atoms with E-state index in [1.807, 2.05) is 19.9 Å². The molecule has 2 rings (SSSR count). The Morgan fingerprint density at radius 3 is 2.61 bits per heavy atom. The van der Waals surface area contributed by atoms with Crippen LogP contribution in [0.5, 0.6) is 0 Å². The molecule has 0 aliphatic carbocycles. The predicted molar refractivity (Wildman–Crippen MR) is 80.1 cm³/mol. The highest BCUT2D eigenvalue weighted by molar-refractivity contribution is 7.22. The molecule has 5 heteroatoms. The smallest absolute Gasteiger partial charge is 0.213 e. The summed E-state index contributed by atoms with van der Waals surface area (Å²) >= 11 is 1.50. The van der Waals surface area contributed by atoms with E-state index < -0.39 is 0 Å². The number of nitrogens with two attached hydrogens (primary N) is 1. The Morgan fingerprint density at radius 1 is 1.39 bits per heavy atom. The number of hydrogen-bond donors (Lipinski definition) is 2. The summed E-state index contributed by atoms with van der Waals surface area (Å²) in [6, 6.07) is 6.16. The molecule has 1 heterocycles. The molecule has 0 fully saturated rings. The lowest BCUT2D eigenvalue weighted by Gasteiger charge is -1.93. The molecule has 1 amide bonds. The Kier molecular flexibility index (Phi) is 8.78. The molecule has 2 aromatic rings. The highest BCUT2D eigenvalue weighted by Crippen LogP contribution is 2.26. The number of carbonyl (C=O) groups is 1. The Morgan fingerprint density at radius 2 is 2.06 bits per heavy atom. The third-order valence-corrected chi connectivity index (χ3v) is 2.99. The Hall–Kier alpha value is -1.46. The largest absolute Gasteiger partial charge is 0.333 e. The molecule has 100 valence electrons. The maximum atomic E-state index is 10.2. The lowest BCUT2D eigenvalue weighted by Crippen LogP contribution is -1.91. The summed E-state index contributed by atoms with van der Waals surface area (Å²) in [5, 5.41) is 3.22. The van der Waals surface area contributed by atoms with Crippen LogP contribution in [0.4, 0.5) is 5.13 Å². The van der Waals surface area contributed by atoms with E-state index in [-0.39, 0.29) is 0 Å². The van der Waals surface area contributed by atoms with Crippen LogP contribution in [0.15, 0.2) is 18.2 Å². The number of aromatic nitrogens is 1. The molecule has 0 aliphatic heterocycles. The molecule has 18 heavy (non-hydrogen) atoms. The van der Waals surface area contributed by atoms with Gasteiger partial charge in [-0.25, -0.2) is 4.98 Å². The molecule has 4 nitrogen and oxygen atoms in total. The van der Waals surface area contributed by atoms with Crippen LogP contribution in [0, 0.1) is 0 Å². The fraction of sp³-hybridized carbons (Fsp3) is 0.385. The average Bonchev–Trinajstić information content (AvgIpc) is 2.85. The number of aryl methyl sites for hydroxylation is 1. The van der Waals surface area contributed by atoms with Gasteiger partial charge in [-0.1, -0.05) is 38.2 Å². The molecular formula is C13H21N3OS. The van der Waals surface area contributed by atoms with Crippen molar-refractivity contribution >= 4 is 33.1 Å². The van der Waals surface area contributed by atoms with E-state index in [1.54, 1.807) is 0 Å². The number of anilines is 1. The second-order valence-corrected chi connectivity index (χ2v) is 3.97.